The molecule has 2 aromatic carbocycles. The molecule has 0 spiro atoms. The van der Waals surface area contributed by atoms with Crippen LogP contribution in [0.25, 0.3) is 0 Å². The van der Waals surface area contributed by atoms with Gasteiger partial charge in [0.1, 0.15) is 18.0 Å². The van der Waals surface area contributed by atoms with Crippen molar-refractivity contribution in [2.24, 2.45) is 0 Å². The summed E-state index contributed by atoms with van der Waals surface area (Å²) >= 11 is 0. The zero-order chi connectivity index (χ0) is 19.0. The van der Waals surface area contributed by atoms with Crippen molar-refractivity contribution in [3.8, 4) is 5.75 Å². The zero-order valence-electron chi connectivity index (χ0n) is 15.4. The highest BCUT2D eigenvalue weighted by Gasteiger charge is 2.17. The van der Waals surface area contributed by atoms with Crippen molar-refractivity contribution >= 4 is 11.9 Å². The highest BCUT2D eigenvalue weighted by Crippen LogP contribution is 2.15. The fraction of sp³-hybridized carbons (Fsp3) is 0.333. The fourth-order valence-corrected chi connectivity index (χ4v) is 2.17. The van der Waals surface area contributed by atoms with Crippen LogP contribution >= 0.6 is 0 Å². The van der Waals surface area contributed by atoms with E-state index in [9.17, 15) is 9.59 Å². The summed E-state index contributed by atoms with van der Waals surface area (Å²) in [5.41, 5.74) is 1.27. The molecule has 0 N–H and O–H groups in total. The van der Waals surface area contributed by atoms with Gasteiger partial charge in [-0.2, -0.15) is 0 Å². The van der Waals surface area contributed by atoms with Crippen molar-refractivity contribution in [3.05, 3.63) is 65.7 Å². The molecule has 0 aliphatic heterocycles. The predicted molar refractivity (Wildman–Crippen MR) is 97.7 cm³/mol. The molecule has 0 saturated heterocycles. The van der Waals surface area contributed by atoms with E-state index in [1.165, 1.54) is 0 Å². The molecule has 0 heterocycles. The maximum absolute atomic E-state index is 11.8. The Morgan fingerprint density at radius 3 is 2.12 bits per heavy atom. The molecule has 0 aliphatic carbocycles. The lowest BCUT2D eigenvalue weighted by Crippen LogP contribution is -2.27. The third-order valence-corrected chi connectivity index (χ3v) is 3.29. The topological polar surface area (TPSA) is 61.8 Å². The first-order valence-electron chi connectivity index (χ1n) is 8.45. The highest BCUT2D eigenvalue weighted by atomic mass is 16.6. The lowest BCUT2D eigenvalue weighted by atomic mass is 10.1. The van der Waals surface area contributed by atoms with Crippen LogP contribution in [0.2, 0.25) is 0 Å². The van der Waals surface area contributed by atoms with Gasteiger partial charge in [-0.1, -0.05) is 42.5 Å². The SMILES string of the molecule is CC(C)(C)OC(=O)COC(=O)Cc1ccc(OCc2ccccc2)cc1. The minimum absolute atomic E-state index is 0.0851. The molecule has 0 aromatic heterocycles. The minimum Gasteiger partial charge on any atom is -0.489 e. The number of rotatable bonds is 7. The molecule has 0 unspecified atom stereocenters. The van der Waals surface area contributed by atoms with Crippen LogP contribution in [0.4, 0.5) is 0 Å². The molecule has 0 atom stereocenters. The van der Waals surface area contributed by atoms with Crippen LogP contribution in [0.1, 0.15) is 31.9 Å². The second kappa shape index (κ2) is 9.04. The number of hydrogen-bond donors (Lipinski definition) is 0. The van der Waals surface area contributed by atoms with Gasteiger partial charge >= 0.3 is 11.9 Å². The van der Waals surface area contributed by atoms with E-state index in [4.69, 9.17) is 14.2 Å². The largest absolute Gasteiger partial charge is 0.489 e. The van der Waals surface area contributed by atoms with Gasteiger partial charge in [-0.05, 0) is 44.0 Å². The molecule has 0 amide bonds. The minimum atomic E-state index is -0.598. The van der Waals surface area contributed by atoms with E-state index in [0.717, 1.165) is 16.9 Å². The van der Waals surface area contributed by atoms with Crippen LogP contribution in [-0.2, 0) is 32.1 Å². The van der Waals surface area contributed by atoms with E-state index in [-0.39, 0.29) is 13.0 Å². The summed E-state index contributed by atoms with van der Waals surface area (Å²) in [5.74, 6) is -0.316. The Morgan fingerprint density at radius 1 is 0.846 bits per heavy atom. The summed E-state index contributed by atoms with van der Waals surface area (Å²) in [6.45, 7) is 5.38. The third-order valence-electron chi connectivity index (χ3n) is 3.29. The molecule has 138 valence electrons. The summed E-state index contributed by atoms with van der Waals surface area (Å²) < 4.78 is 15.7. The second-order valence-electron chi connectivity index (χ2n) is 6.84. The smallest absolute Gasteiger partial charge is 0.344 e. The molecule has 0 aliphatic rings. The maximum atomic E-state index is 11.8. The van der Waals surface area contributed by atoms with Crippen molar-refractivity contribution in [2.75, 3.05) is 6.61 Å². The molecular formula is C21H24O5. The van der Waals surface area contributed by atoms with Crippen LogP contribution in [-0.4, -0.2) is 24.1 Å². The van der Waals surface area contributed by atoms with Gasteiger partial charge in [0.25, 0.3) is 0 Å². The van der Waals surface area contributed by atoms with Gasteiger partial charge in [0, 0.05) is 0 Å². The first-order chi connectivity index (χ1) is 12.3. The molecule has 2 rings (SSSR count). The Labute approximate surface area is 153 Å². The van der Waals surface area contributed by atoms with Gasteiger partial charge in [-0.3, -0.25) is 4.79 Å². The number of hydrogen-bond acceptors (Lipinski definition) is 5. The van der Waals surface area contributed by atoms with Crippen molar-refractivity contribution in [1.29, 1.82) is 0 Å². The van der Waals surface area contributed by atoms with Crippen molar-refractivity contribution in [3.63, 3.8) is 0 Å². The highest BCUT2D eigenvalue weighted by molar-refractivity contribution is 5.78. The van der Waals surface area contributed by atoms with Crippen LogP contribution < -0.4 is 4.74 Å². The molecule has 0 saturated carbocycles. The maximum Gasteiger partial charge on any atom is 0.344 e. The van der Waals surface area contributed by atoms with Gasteiger partial charge in [0.15, 0.2) is 6.61 Å². The zero-order valence-corrected chi connectivity index (χ0v) is 15.4. The normalized spacial score (nSPS) is 10.9. The lowest BCUT2D eigenvalue weighted by molar-refractivity contribution is -0.166. The summed E-state index contributed by atoms with van der Waals surface area (Å²) in [4.78, 5) is 23.4. The van der Waals surface area contributed by atoms with Gasteiger partial charge < -0.3 is 14.2 Å². The van der Waals surface area contributed by atoms with E-state index in [1.54, 1.807) is 45.0 Å². The Kier molecular flexibility index (Phi) is 6.78. The fourth-order valence-electron chi connectivity index (χ4n) is 2.17. The summed E-state index contributed by atoms with van der Waals surface area (Å²) in [6.07, 6.45) is 0.0851. The van der Waals surface area contributed by atoms with E-state index in [0.29, 0.717) is 6.61 Å². The van der Waals surface area contributed by atoms with E-state index < -0.39 is 17.5 Å². The molecule has 26 heavy (non-hydrogen) atoms. The molecule has 5 heteroatoms. The molecular weight excluding hydrogens is 332 g/mol. The van der Waals surface area contributed by atoms with Gasteiger partial charge in [-0.15, -0.1) is 0 Å². The number of esters is 2. The Morgan fingerprint density at radius 2 is 1.50 bits per heavy atom. The number of carbonyl (C=O) groups is 2. The number of carbonyl (C=O) groups excluding carboxylic acids is 2. The van der Waals surface area contributed by atoms with Crippen LogP contribution in [0, 0.1) is 0 Å². The summed E-state index contributed by atoms with van der Waals surface area (Å²) in [5, 5.41) is 0. The quantitative estimate of drug-likeness (QED) is 0.708. The second-order valence-corrected chi connectivity index (χ2v) is 6.84. The standard InChI is InChI=1S/C21H24O5/c1-21(2,3)26-20(23)15-25-19(22)13-16-9-11-18(12-10-16)24-14-17-7-5-4-6-8-17/h4-12H,13-15H2,1-3H3. The molecule has 0 fully saturated rings. The first-order valence-corrected chi connectivity index (χ1v) is 8.45. The molecule has 0 radical (unpaired) electrons. The van der Waals surface area contributed by atoms with Crippen LogP contribution in [0.3, 0.4) is 0 Å². The van der Waals surface area contributed by atoms with Gasteiger partial charge in [0.05, 0.1) is 6.42 Å². The predicted octanol–water partition coefficient (Wildman–Crippen LogP) is 3.69. The molecule has 2 aromatic rings. The lowest BCUT2D eigenvalue weighted by Gasteiger charge is -2.19. The summed E-state index contributed by atoms with van der Waals surface area (Å²) in [7, 11) is 0. The average Bonchev–Trinajstić information content (AvgIpc) is 2.59. The molecule has 5 nitrogen and oxygen atoms in total. The third kappa shape index (κ3) is 7.38. The van der Waals surface area contributed by atoms with Crippen LogP contribution in [0.5, 0.6) is 5.75 Å². The van der Waals surface area contributed by atoms with Gasteiger partial charge in [0.2, 0.25) is 0 Å². The Balaban J connectivity index is 1.76. The first kappa shape index (κ1) is 19.5. The summed E-state index contributed by atoms with van der Waals surface area (Å²) in [6, 6.07) is 17.1. The average molecular weight is 356 g/mol. The molecule has 0 bridgehead atoms. The van der Waals surface area contributed by atoms with Crippen molar-refractivity contribution in [1.82, 2.24) is 0 Å². The van der Waals surface area contributed by atoms with E-state index >= 15 is 0 Å². The van der Waals surface area contributed by atoms with Gasteiger partial charge in [-0.25, -0.2) is 4.79 Å². The van der Waals surface area contributed by atoms with Crippen molar-refractivity contribution in [2.45, 2.75) is 39.4 Å². The Hall–Kier alpha value is -2.82. The van der Waals surface area contributed by atoms with E-state index in [1.807, 2.05) is 30.3 Å². The monoisotopic (exact) mass is 356 g/mol. The van der Waals surface area contributed by atoms with E-state index in [2.05, 4.69) is 0 Å². The number of ether oxygens (including phenoxy) is 3. The van der Waals surface area contributed by atoms with Crippen molar-refractivity contribution < 1.29 is 23.8 Å². The van der Waals surface area contributed by atoms with Crippen LogP contribution in [0.15, 0.2) is 54.6 Å². The Bertz CT molecular complexity index is 714. The number of benzene rings is 2.